The van der Waals surface area contributed by atoms with Crippen molar-refractivity contribution in [3.05, 3.63) is 63.8 Å². The molecule has 0 spiro atoms. The highest BCUT2D eigenvalue weighted by Gasteiger charge is 2.13. The van der Waals surface area contributed by atoms with Crippen LogP contribution in [0, 0.1) is 17.0 Å². The van der Waals surface area contributed by atoms with E-state index in [1.165, 1.54) is 22.6 Å². The summed E-state index contributed by atoms with van der Waals surface area (Å²) in [5.74, 6) is 0. The third-order valence-corrected chi connectivity index (χ3v) is 3.85. The van der Waals surface area contributed by atoms with E-state index in [9.17, 15) is 10.1 Å². The average Bonchev–Trinajstić information content (AvgIpc) is 2.91. The number of nitro groups is 1. The van der Waals surface area contributed by atoms with Crippen LogP contribution in [0.2, 0.25) is 0 Å². The van der Waals surface area contributed by atoms with Gasteiger partial charge in [0.05, 0.1) is 4.92 Å². The number of anilines is 2. The number of H-pyrrole nitrogens is 1. The van der Waals surface area contributed by atoms with Crippen LogP contribution in [-0.2, 0) is 6.42 Å². The Balaban J connectivity index is 1.74. The van der Waals surface area contributed by atoms with Crippen molar-refractivity contribution < 1.29 is 4.92 Å². The molecule has 6 nitrogen and oxygen atoms in total. The first kappa shape index (κ1) is 14.9. The van der Waals surface area contributed by atoms with Crippen LogP contribution >= 0.6 is 0 Å². The zero-order chi connectivity index (χ0) is 16.4. The Labute approximate surface area is 133 Å². The standard InChI is InChI=1S/C17H18N4O2/c1-11-2-4-15-14(8-11)12(10-20-15)6-7-19-16-5-3-13(18)9-17(16)21(22)23/h2-5,8-10,19-20H,6-7,18H2,1H3. The molecule has 2 aromatic carbocycles. The SMILES string of the molecule is Cc1ccc2[nH]cc(CCNc3ccc(N)cc3[N+](=O)[O-])c2c1. The second kappa shape index (κ2) is 6.00. The summed E-state index contributed by atoms with van der Waals surface area (Å²) >= 11 is 0. The Morgan fingerprint density at radius 2 is 2.09 bits per heavy atom. The van der Waals surface area contributed by atoms with Gasteiger partial charge in [0.1, 0.15) is 5.69 Å². The molecule has 3 rings (SSSR count). The Kier molecular flexibility index (Phi) is 3.89. The largest absolute Gasteiger partial charge is 0.399 e. The maximum Gasteiger partial charge on any atom is 0.294 e. The number of nitrogens with zero attached hydrogens (tertiary/aromatic N) is 1. The van der Waals surface area contributed by atoms with Gasteiger partial charge in [0.15, 0.2) is 0 Å². The fourth-order valence-corrected chi connectivity index (χ4v) is 2.68. The van der Waals surface area contributed by atoms with Crippen molar-refractivity contribution in [2.24, 2.45) is 0 Å². The summed E-state index contributed by atoms with van der Waals surface area (Å²) in [6, 6.07) is 11.0. The van der Waals surface area contributed by atoms with Gasteiger partial charge in [-0.05, 0) is 43.2 Å². The molecule has 0 bridgehead atoms. The van der Waals surface area contributed by atoms with Crippen LogP contribution < -0.4 is 11.1 Å². The van der Waals surface area contributed by atoms with Crippen LogP contribution in [0.4, 0.5) is 17.1 Å². The van der Waals surface area contributed by atoms with Crippen LogP contribution in [0.15, 0.2) is 42.6 Å². The maximum atomic E-state index is 11.1. The quantitative estimate of drug-likeness (QED) is 0.381. The molecule has 0 saturated heterocycles. The van der Waals surface area contributed by atoms with E-state index in [0.29, 0.717) is 17.9 Å². The summed E-state index contributed by atoms with van der Waals surface area (Å²) in [5.41, 5.74) is 9.98. The third kappa shape index (κ3) is 3.11. The number of rotatable bonds is 5. The van der Waals surface area contributed by atoms with Crippen molar-refractivity contribution in [3.63, 3.8) is 0 Å². The second-order valence-corrected chi connectivity index (χ2v) is 5.57. The van der Waals surface area contributed by atoms with Gasteiger partial charge in [-0.2, -0.15) is 0 Å². The molecule has 6 heteroatoms. The third-order valence-electron chi connectivity index (χ3n) is 3.85. The zero-order valence-corrected chi connectivity index (χ0v) is 12.8. The monoisotopic (exact) mass is 310 g/mol. The number of hydrogen-bond acceptors (Lipinski definition) is 4. The summed E-state index contributed by atoms with van der Waals surface area (Å²) in [5, 5.41) is 15.4. The Bertz CT molecular complexity index is 870. The van der Waals surface area contributed by atoms with E-state index in [4.69, 9.17) is 5.73 Å². The van der Waals surface area contributed by atoms with E-state index >= 15 is 0 Å². The number of benzene rings is 2. The van der Waals surface area contributed by atoms with Crippen molar-refractivity contribution in [1.29, 1.82) is 0 Å². The van der Waals surface area contributed by atoms with Crippen LogP contribution in [0.1, 0.15) is 11.1 Å². The summed E-state index contributed by atoms with van der Waals surface area (Å²) in [4.78, 5) is 13.9. The van der Waals surface area contributed by atoms with E-state index in [2.05, 4.69) is 35.4 Å². The predicted molar refractivity (Wildman–Crippen MR) is 92.7 cm³/mol. The molecule has 0 aliphatic rings. The molecular formula is C17H18N4O2. The number of aryl methyl sites for hydroxylation is 1. The summed E-state index contributed by atoms with van der Waals surface area (Å²) in [6.07, 6.45) is 2.76. The lowest BCUT2D eigenvalue weighted by Gasteiger charge is -2.07. The Morgan fingerprint density at radius 3 is 2.87 bits per heavy atom. The molecule has 0 atom stereocenters. The van der Waals surface area contributed by atoms with Gasteiger partial charge in [0, 0.05) is 35.4 Å². The molecule has 3 aromatic rings. The average molecular weight is 310 g/mol. The van der Waals surface area contributed by atoms with E-state index < -0.39 is 4.92 Å². The lowest BCUT2D eigenvalue weighted by molar-refractivity contribution is -0.383. The van der Waals surface area contributed by atoms with Gasteiger partial charge in [-0.3, -0.25) is 10.1 Å². The highest BCUT2D eigenvalue weighted by Crippen LogP contribution is 2.27. The lowest BCUT2D eigenvalue weighted by Crippen LogP contribution is -2.07. The van der Waals surface area contributed by atoms with E-state index in [-0.39, 0.29) is 5.69 Å². The Hall–Kier alpha value is -3.02. The van der Waals surface area contributed by atoms with Crippen molar-refractivity contribution in [1.82, 2.24) is 4.98 Å². The zero-order valence-electron chi connectivity index (χ0n) is 12.8. The summed E-state index contributed by atoms with van der Waals surface area (Å²) < 4.78 is 0. The lowest BCUT2D eigenvalue weighted by atomic mass is 10.1. The smallest absolute Gasteiger partial charge is 0.294 e. The number of nitrogen functional groups attached to an aromatic ring is 1. The first-order chi connectivity index (χ1) is 11.0. The maximum absolute atomic E-state index is 11.1. The topological polar surface area (TPSA) is 97.0 Å². The Morgan fingerprint density at radius 1 is 1.26 bits per heavy atom. The highest BCUT2D eigenvalue weighted by atomic mass is 16.6. The molecule has 0 unspecified atom stereocenters. The molecule has 1 heterocycles. The number of nitrogens with one attached hydrogen (secondary N) is 2. The minimum Gasteiger partial charge on any atom is -0.399 e. The van der Waals surface area contributed by atoms with Gasteiger partial charge < -0.3 is 16.0 Å². The summed E-state index contributed by atoms with van der Waals surface area (Å²) in [7, 11) is 0. The fourth-order valence-electron chi connectivity index (χ4n) is 2.68. The molecule has 0 radical (unpaired) electrons. The molecule has 1 aromatic heterocycles. The number of hydrogen-bond donors (Lipinski definition) is 3. The van der Waals surface area contributed by atoms with E-state index in [1.54, 1.807) is 12.1 Å². The first-order valence-electron chi connectivity index (χ1n) is 7.39. The molecule has 0 aliphatic carbocycles. The van der Waals surface area contributed by atoms with Gasteiger partial charge in [0.2, 0.25) is 0 Å². The number of aromatic amines is 1. The van der Waals surface area contributed by atoms with E-state index in [0.717, 1.165) is 11.9 Å². The minimum atomic E-state index is -0.423. The number of nitro benzene ring substituents is 1. The normalized spacial score (nSPS) is 10.8. The molecule has 118 valence electrons. The van der Waals surface area contributed by atoms with Gasteiger partial charge in [0.25, 0.3) is 5.69 Å². The predicted octanol–water partition coefficient (Wildman–Crippen LogP) is 3.62. The van der Waals surface area contributed by atoms with Gasteiger partial charge >= 0.3 is 0 Å². The van der Waals surface area contributed by atoms with Crippen molar-refractivity contribution in [2.45, 2.75) is 13.3 Å². The molecule has 4 N–H and O–H groups in total. The van der Waals surface area contributed by atoms with Crippen molar-refractivity contribution in [2.75, 3.05) is 17.6 Å². The molecule has 23 heavy (non-hydrogen) atoms. The van der Waals surface area contributed by atoms with Crippen LogP contribution in [0.3, 0.4) is 0 Å². The second-order valence-electron chi connectivity index (χ2n) is 5.57. The van der Waals surface area contributed by atoms with Gasteiger partial charge in [-0.15, -0.1) is 0 Å². The molecule has 0 fully saturated rings. The summed E-state index contributed by atoms with van der Waals surface area (Å²) in [6.45, 7) is 2.66. The van der Waals surface area contributed by atoms with Crippen LogP contribution in [-0.4, -0.2) is 16.5 Å². The van der Waals surface area contributed by atoms with Crippen molar-refractivity contribution >= 4 is 28.0 Å². The molecule has 0 amide bonds. The molecule has 0 saturated carbocycles. The van der Waals surface area contributed by atoms with E-state index in [1.807, 2.05) is 6.20 Å². The fraction of sp³-hybridized carbons (Fsp3) is 0.176. The number of nitrogens with two attached hydrogens (primary N) is 1. The highest BCUT2D eigenvalue weighted by molar-refractivity contribution is 5.84. The molecular weight excluding hydrogens is 292 g/mol. The minimum absolute atomic E-state index is 0.000212. The van der Waals surface area contributed by atoms with Crippen molar-refractivity contribution in [3.8, 4) is 0 Å². The van der Waals surface area contributed by atoms with Crippen LogP contribution in [0.25, 0.3) is 10.9 Å². The van der Waals surface area contributed by atoms with Gasteiger partial charge in [-0.25, -0.2) is 0 Å². The number of aromatic nitrogens is 1. The first-order valence-corrected chi connectivity index (χ1v) is 7.39. The van der Waals surface area contributed by atoms with Crippen LogP contribution in [0.5, 0.6) is 0 Å². The van der Waals surface area contributed by atoms with Gasteiger partial charge in [-0.1, -0.05) is 11.6 Å². The molecule has 0 aliphatic heterocycles. The number of fused-ring (bicyclic) bond motifs is 1.